The molecule has 0 bridgehead atoms. The Hall–Kier alpha value is -1.46. The van der Waals surface area contributed by atoms with Crippen LogP contribution in [0.1, 0.15) is 19.8 Å². The van der Waals surface area contributed by atoms with Crippen molar-refractivity contribution in [2.24, 2.45) is 5.92 Å². The number of benzene rings is 1. The van der Waals surface area contributed by atoms with Crippen molar-refractivity contribution in [3.63, 3.8) is 0 Å². The van der Waals surface area contributed by atoms with E-state index in [0.29, 0.717) is 35.2 Å². The Balaban J connectivity index is 2.24. The van der Waals surface area contributed by atoms with Crippen molar-refractivity contribution >= 4 is 35.1 Å². The smallest absolute Gasteiger partial charge is 0.306 e. The minimum absolute atomic E-state index is 0.157. The highest BCUT2D eigenvalue weighted by Gasteiger charge is 2.10. The molecule has 5 nitrogen and oxygen atoms in total. The lowest BCUT2D eigenvalue weighted by Gasteiger charge is -2.09. The molecule has 1 atom stereocenters. The van der Waals surface area contributed by atoms with Crippen LogP contribution >= 0.6 is 23.2 Å². The molecule has 21 heavy (non-hydrogen) atoms. The Morgan fingerprint density at radius 2 is 2.10 bits per heavy atom. The number of rotatable bonds is 8. The third-order valence-corrected chi connectivity index (χ3v) is 3.34. The maximum Gasteiger partial charge on any atom is 0.306 e. The van der Waals surface area contributed by atoms with Crippen LogP contribution in [0.5, 0.6) is 5.75 Å². The summed E-state index contributed by atoms with van der Waals surface area (Å²) in [6.45, 7) is 1.89. The summed E-state index contributed by atoms with van der Waals surface area (Å²) >= 11 is 11.7. The second-order valence-corrected chi connectivity index (χ2v) is 5.44. The third-order valence-electron chi connectivity index (χ3n) is 2.81. The quantitative estimate of drug-likeness (QED) is 0.717. The largest absolute Gasteiger partial charge is 0.482 e. The minimum atomic E-state index is -0.831. The first-order valence-electron chi connectivity index (χ1n) is 6.47. The van der Waals surface area contributed by atoms with E-state index in [2.05, 4.69) is 5.32 Å². The fourth-order valence-corrected chi connectivity index (χ4v) is 2.01. The minimum Gasteiger partial charge on any atom is -0.482 e. The van der Waals surface area contributed by atoms with Crippen LogP contribution in [-0.4, -0.2) is 30.1 Å². The van der Waals surface area contributed by atoms with Crippen molar-refractivity contribution in [2.45, 2.75) is 19.8 Å². The molecule has 0 aliphatic rings. The number of ether oxygens (including phenoxy) is 1. The normalized spacial score (nSPS) is 11.8. The predicted octanol–water partition coefficient (Wildman–Crippen LogP) is 2.99. The second-order valence-electron chi connectivity index (χ2n) is 4.59. The molecule has 0 aliphatic carbocycles. The zero-order valence-electron chi connectivity index (χ0n) is 11.6. The van der Waals surface area contributed by atoms with Gasteiger partial charge in [-0.1, -0.05) is 30.1 Å². The molecule has 1 aromatic rings. The molecule has 0 saturated heterocycles. The molecule has 116 valence electrons. The molecule has 0 spiro atoms. The number of carboxylic acid groups (broad SMARTS) is 1. The molecule has 1 unspecified atom stereocenters. The van der Waals surface area contributed by atoms with Gasteiger partial charge < -0.3 is 15.2 Å². The van der Waals surface area contributed by atoms with Gasteiger partial charge in [0.05, 0.1) is 10.9 Å². The number of carbonyl (C=O) groups is 2. The molecule has 1 aromatic carbocycles. The van der Waals surface area contributed by atoms with Gasteiger partial charge in [-0.05, 0) is 31.0 Å². The van der Waals surface area contributed by atoms with Crippen molar-refractivity contribution in [2.75, 3.05) is 13.2 Å². The fraction of sp³-hybridized carbons (Fsp3) is 0.429. The molecular formula is C14H17Cl2NO4. The summed E-state index contributed by atoms with van der Waals surface area (Å²) in [6, 6.07) is 4.74. The lowest BCUT2D eigenvalue weighted by atomic mass is 10.1. The Bertz CT molecular complexity index is 508. The molecule has 0 fully saturated rings. The van der Waals surface area contributed by atoms with Gasteiger partial charge in [0.25, 0.3) is 5.91 Å². The first-order chi connectivity index (χ1) is 9.90. The van der Waals surface area contributed by atoms with Crippen molar-refractivity contribution in [1.29, 1.82) is 0 Å². The van der Waals surface area contributed by atoms with Gasteiger partial charge in [0.1, 0.15) is 5.75 Å². The summed E-state index contributed by atoms with van der Waals surface area (Å²) in [5.41, 5.74) is 0. The van der Waals surface area contributed by atoms with Gasteiger partial charge in [0.15, 0.2) is 6.61 Å². The van der Waals surface area contributed by atoms with E-state index < -0.39 is 11.9 Å². The third kappa shape index (κ3) is 6.69. The van der Waals surface area contributed by atoms with E-state index in [0.717, 1.165) is 0 Å². The molecule has 0 aliphatic heterocycles. The molecule has 0 heterocycles. The van der Waals surface area contributed by atoms with E-state index in [4.69, 9.17) is 33.0 Å². The predicted molar refractivity (Wildman–Crippen MR) is 81.0 cm³/mol. The van der Waals surface area contributed by atoms with E-state index >= 15 is 0 Å². The van der Waals surface area contributed by atoms with Gasteiger partial charge in [-0.25, -0.2) is 0 Å². The fourth-order valence-electron chi connectivity index (χ4n) is 1.55. The number of carboxylic acids is 1. The molecule has 1 amide bonds. The van der Waals surface area contributed by atoms with Crippen LogP contribution < -0.4 is 10.1 Å². The monoisotopic (exact) mass is 333 g/mol. The van der Waals surface area contributed by atoms with Crippen LogP contribution in [0.4, 0.5) is 0 Å². The van der Waals surface area contributed by atoms with E-state index in [1.54, 1.807) is 19.1 Å². The first kappa shape index (κ1) is 17.6. The summed E-state index contributed by atoms with van der Waals surface area (Å²) in [4.78, 5) is 22.2. The molecule has 0 radical (unpaired) electrons. The Morgan fingerprint density at radius 1 is 1.38 bits per heavy atom. The number of hydrogen-bond acceptors (Lipinski definition) is 3. The first-order valence-corrected chi connectivity index (χ1v) is 7.23. The van der Waals surface area contributed by atoms with E-state index in [1.165, 1.54) is 6.07 Å². The van der Waals surface area contributed by atoms with Gasteiger partial charge in [0.2, 0.25) is 0 Å². The molecule has 0 aromatic heterocycles. The number of carbonyl (C=O) groups excluding carboxylic acids is 1. The number of halogens is 2. The highest BCUT2D eigenvalue weighted by atomic mass is 35.5. The molecular weight excluding hydrogens is 317 g/mol. The van der Waals surface area contributed by atoms with Crippen LogP contribution in [0.25, 0.3) is 0 Å². The highest BCUT2D eigenvalue weighted by Crippen LogP contribution is 2.27. The van der Waals surface area contributed by atoms with Crippen molar-refractivity contribution < 1.29 is 19.4 Å². The van der Waals surface area contributed by atoms with Gasteiger partial charge >= 0.3 is 5.97 Å². The van der Waals surface area contributed by atoms with Crippen molar-refractivity contribution in [1.82, 2.24) is 5.32 Å². The Morgan fingerprint density at radius 3 is 2.71 bits per heavy atom. The topological polar surface area (TPSA) is 75.6 Å². The van der Waals surface area contributed by atoms with Gasteiger partial charge in [-0.2, -0.15) is 0 Å². The summed E-state index contributed by atoms with van der Waals surface area (Å²) in [7, 11) is 0. The molecule has 7 heteroatoms. The van der Waals surface area contributed by atoms with Crippen LogP contribution in [0.15, 0.2) is 18.2 Å². The van der Waals surface area contributed by atoms with Gasteiger partial charge in [-0.3, -0.25) is 9.59 Å². The molecule has 2 N–H and O–H groups in total. The van der Waals surface area contributed by atoms with Gasteiger partial charge in [-0.15, -0.1) is 0 Å². The van der Waals surface area contributed by atoms with E-state index in [-0.39, 0.29) is 12.5 Å². The highest BCUT2D eigenvalue weighted by molar-refractivity contribution is 6.35. The van der Waals surface area contributed by atoms with Crippen LogP contribution in [0.2, 0.25) is 10.0 Å². The average Bonchev–Trinajstić information content (AvgIpc) is 2.42. The van der Waals surface area contributed by atoms with Crippen molar-refractivity contribution in [3.8, 4) is 5.75 Å². The zero-order valence-corrected chi connectivity index (χ0v) is 13.1. The second kappa shape index (κ2) is 8.74. The van der Waals surface area contributed by atoms with Crippen molar-refractivity contribution in [3.05, 3.63) is 28.2 Å². The SMILES string of the molecule is CC(CCCNC(=O)COc1ccc(Cl)cc1Cl)C(=O)O. The summed E-state index contributed by atoms with van der Waals surface area (Å²) in [5, 5.41) is 12.2. The van der Waals surface area contributed by atoms with Crippen LogP contribution in [0.3, 0.4) is 0 Å². The van der Waals surface area contributed by atoms with E-state index in [1.807, 2.05) is 0 Å². The maximum atomic E-state index is 11.6. The van der Waals surface area contributed by atoms with E-state index in [9.17, 15) is 9.59 Å². The number of nitrogens with one attached hydrogen (secondary N) is 1. The standard InChI is InChI=1S/C14H17Cl2NO4/c1-9(14(19)20)3-2-6-17-13(18)8-21-12-5-4-10(15)7-11(12)16/h4-5,7,9H,2-3,6,8H2,1H3,(H,17,18)(H,19,20). The lowest BCUT2D eigenvalue weighted by molar-refractivity contribution is -0.141. The Labute approximate surface area is 133 Å². The number of aliphatic carboxylic acids is 1. The molecule has 0 saturated carbocycles. The lowest BCUT2D eigenvalue weighted by Crippen LogP contribution is -2.30. The van der Waals surface area contributed by atoms with Gasteiger partial charge in [0, 0.05) is 11.6 Å². The number of amides is 1. The zero-order chi connectivity index (χ0) is 15.8. The number of hydrogen-bond donors (Lipinski definition) is 2. The van der Waals surface area contributed by atoms with Crippen LogP contribution in [-0.2, 0) is 9.59 Å². The maximum absolute atomic E-state index is 11.6. The Kier molecular flexibility index (Phi) is 7.32. The average molecular weight is 334 g/mol. The molecule has 1 rings (SSSR count). The summed E-state index contributed by atoms with van der Waals surface area (Å²) in [6.07, 6.45) is 1.11. The van der Waals surface area contributed by atoms with Crippen LogP contribution in [0, 0.1) is 5.92 Å². The summed E-state index contributed by atoms with van der Waals surface area (Å²) < 4.78 is 5.27. The summed E-state index contributed by atoms with van der Waals surface area (Å²) in [5.74, 6) is -1.15.